The molecule has 3 nitrogen and oxygen atoms in total. The van der Waals surface area contributed by atoms with Gasteiger partial charge in [0.1, 0.15) is 11.6 Å². The molecule has 0 aromatic carbocycles. The fourth-order valence-corrected chi connectivity index (χ4v) is 1.66. The first kappa shape index (κ1) is 15.4. The molecule has 0 heterocycles. The maximum Gasteiger partial charge on any atom is 0.323 e. The highest BCUT2D eigenvalue weighted by Crippen LogP contribution is 2.10. The molecule has 0 saturated heterocycles. The van der Waals surface area contributed by atoms with Crippen molar-refractivity contribution in [3.8, 4) is 0 Å². The maximum absolute atomic E-state index is 11.7. The zero-order valence-corrected chi connectivity index (χ0v) is 11.8. The lowest BCUT2D eigenvalue weighted by molar-refractivity contribution is -0.157. The molecule has 0 aliphatic rings. The van der Waals surface area contributed by atoms with Gasteiger partial charge in [0, 0.05) is 6.04 Å². The topological polar surface area (TPSA) is 38.3 Å². The van der Waals surface area contributed by atoms with Gasteiger partial charge in [-0.05, 0) is 47.0 Å². The van der Waals surface area contributed by atoms with Crippen molar-refractivity contribution >= 4 is 5.97 Å². The monoisotopic (exact) mass is 229 g/mol. The minimum Gasteiger partial charge on any atom is -0.459 e. The quantitative estimate of drug-likeness (QED) is 0.737. The Hall–Kier alpha value is -0.570. The standard InChI is InChI=1S/C13H27NO2/c1-9(2)8-10(3)14-11(4)12(15)16-13(5,6)7/h9-11,14H,8H2,1-7H3/t10?,11-/m0/s1. The molecule has 0 aliphatic carbocycles. The highest BCUT2D eigenvalue weighted by Gasteiger charge is 2.22. The first-order valence-electron chi connectivity index (χ1n) is 6.10. The van der Waals surface area contributed by atoms with Crippen molar-refractivity contribution in [3.63, 3.8) is 0 Å². The Bertz CT molecular complexity index is 218. The molecule has 0 fully saturated rings. The van der Waals surface area contributed by atoms with Crippen LogP contribution in [0.15, 0.2) is 0 Å². The second-order valence-electron chi connectivity index (χ2n) is 5.95. The van der Waals surface area contributed by atoms with E-state index in [9.17, 15) is 4.79 Å². The van der Waals surface area contributed by atoms with Crippen LogP contribution in [0.2, 0.25) is 0 Å². The summed E-state index contributed by atoms with van der Waals surface area (Å²) in [6, 6.07) is 0.0930. The number of carbonyl (C=O) groups is 1. The SMILES string of the molecule is CC(C)CC(C)N[C@@H](C)C(=O)OC(C)(C)C. The highest BCUT2D eigenvalue weighted by atomic mass is 16.6. The molecule has 0 aliphatic heterocycles. The van der Waals surface area contributed by atoms with E-state index in [4.69, 9.17) is 4.74 Å². The van der Waals surface area contributed by atoms with Crippen molar-refractivity contribution in [2.45, 2.75) is 72.6 Å². The molecule has 96 valence electrons. The van der Waals surface area contributed by atoms with Crippen LogP contribution in [0, 0.1) is 5.92 Å². The third-order valence-electron chi connectivity index (χ3n) is 2.12. The minimum atomic E-state index is -0.408. The van der Waals surface area contributed by atoms with E-state index in [2.05, 4.69) is 26.1 Å². The summed E-state index contributed by atoms with van der Waals surface area (Å²) in [7, 11) is 0. The van der Waals surface area contributed by atoms with Crippen LogP contribution >= 0.6 is 0 Å². The lowest BCUT2D eigenvalue weighted by Crippen LogP contribution is -2.43. The summed E-state index contributed by atoms with van der Waals surface area (Å²) in [5.41, 5.74) is -0.408. The van der Waals surface area contributed by atoms with Crippen LogP contribution in [0.5, 0.6) is 0 Å². The van der Waals surface area contributed by atoms with Crippen LogP contribution in [0.3, 0.4) is 0 Å². The van der Waals surface area contributed by atoms with Crippen molar-refractivity contribution in [2.75, 3.05) is 0 Å². The van der Waals surface area contributed by atoms with Crippen LogP contribution < -0.4 is 5.32 Å². The van der Waals surface area contributed by atoms with E-state index in [0.29, 0.717) is 12.0 Å². The summed E-state index contributed by atoms with van der Waals surface area (Å²) >= 11 is 0. The van der Waals surface area contributed by atoms with Crippen LogP contribution in [0.1, 0.15) is 54.9 Å². The van der Waals surface area contributed by atoms with E-state index < -0.39 is 5.60 Å². The normalized spacial score (nSPS) is 16.0. The van der Waals surface area contributed by atoms with E-state index in [1.165, 1.54) is 0 Å². The predicted molar refractivity (Wildman–Crippen MR) is 67.4 cm³/mol. The van der Waals surface area contributed by atoms with Crippen molar-refractivity contribution in [1.82, 2.24) is 5.32 Å². The van der Waals surface area contributed by atoms with Gasteiger partial charge in [-0.2, -0.15) is 0 Å². The molecule has 0 aromatic rings. The molecule has 0 saturated carbocycles. The summed E-state index contributed by atoms with van der Waals surface area (Å²) in [5.74, 6) is 0.455. The predicted octanol–water partition coefficient (Wildman–Crippen LogP) is 2.74. The van der Waals surface area contributed by atoms with Crippen molar-refractivity contribution in [1.29, 1.82) is 0 Å². The van der Waals surface area contributed by atoms with Gasteiger partial charge < -0.3 is 10.1 Å². The van der Waals surface area contributed by atoms with Gasteiger partial charge in [0.2, 0.25) is 0 Å². The maximum atomic E-state index is 11.7. The second kappa shape index (κ2) is 6.24. The second-order valence-corrected chi connectivity index (χ2v) is 5.95. The highest BCUT2D eigenvalue weighted by molar-refractivity contribution is 5.75. The molecule has 0 bridgehead atoms. The number of hydrogen-bond acceptors (Lipinski definition) is 3. The van der Waals surface area contributed by atoms with Crippen LogP contribution in [-0.4, -0.2) is 23.7 Å². The zero-order chi connectivity index (χ0) is 12.9. The lowest BCUT2D eigenvalue weighted by atomic mass is 10.0. The fourth-order valence-electron chi connectivity index (χ4n) is 1.66. The average Bonchev–Trinajstić information content (AvgIpc) is 1.98. The average molecular weight is 229 g/mol. The van der Waals surface area contributed by atoms with Gasteiger partial charge in [-0.3, -0.25) is 4.79 Å². The molecule has 1 unspecified atom stereocenters. The summed E-state index contributed by atoms with van der Waals surface area (Å²) in [5, 5.41) is 3.26. The summed E-state index contributed by atoms with van der Waals surface area (Å²) in [4.78, 5) is 11.7. The van der Waals surface area contributed by atoms with E-state index in [1.54, 1.807) is 0 Å². The van der Waals surface area contributed by atoms with Crippen molar-refractivity contribution in [3.05, 3.63) is 0 Å². The van der Waals surface area contributed by atoms with Gasteiger partial charge in [-0.25, -0.2) is 0 Å². The molecule has 1 N–H and O–H groups in total. The smallest absolute Gasteiger partial charge is 0.323 e. The summed E-state index contributed by atoms with van der Waals surface area (Å²) in [6.45, 7) is 14.0. The number of ether oxygens (including phenoxy) is 1. The molecule has 0 aromatic heterocycles. The van der Waals surface area contributed by atoms with E-state index in [1.807, 2.05) is 27.7 Å². The van der Waals surface area contributed by atoms with Gasteiger partial charge in [-0.1, -0.05) is 13.8 Å². The van der Waals surface area contributed by atoms with Crippen molar-refractivity contribution < 1.29 is 9.53 Å². The van der Waals surface area contributed by atoms with E-state index in [0.717, 1.165) is 6.42 Å². The Labute approximate surface area is 99.9 Å². The van der Waals surface area contributed by atoms with E-state index >= 15 is 0 Å². The Kier molecular flexibility index (Phi) is 6.01. The Morgan fingerprint density at radius 2 is 1.69 bits per heavy atom. The Balaban J connectivity index is 4.05. The molecule has 3 heteroatoms. The minimum absolute atomic E-state index is 0.178. The first-order chi connectivity index (χ1) is 7.11. The van der Waals surface area contributed by atoms with Gasteiger partial charge in [0.05, 0.1) is 0 Å². The molecule has 2 atom stereocenters. The lowest BCUT2D eigenvalue weighted by Gasteiger charge is -2.25. The van der Waals surface area contributed by atoms with E-state index in [-0.39, 0.29) is 12.0 Å². The van der Waals surface area contributed by atoms with Crippen LogP contribution in [0.25, 0.3) is 0 Å². The number of hydrogen-bond donors (Lipinski definition) is 1. The molecule has 0 radical (unpaired) electrons. The molecule has 0 rings (SSSR count). The number of rotatable bonds is 5. The molecular formula is C13H27NO2. The van der Waals surface area contributed by atoms with Crippen LogP contribution in [0.4, 0.5) is 0 Å². The summed E-state index contributed by atoms with van der Waals surface area (Å²) < 4.78 is 5.30. The molecule has 0 amide bonds. The molecular weight excluding hydrogens is 202 g/mol. The Morgan fingerprint density at radius 1 is 1.19 bits per heavy atom. The zero-order valence-electron chi connectivity index (χ0n) is 11.8. The summed E-state index contributed by atoms with van der Waals surface area (Å²) in [6.07, 6.45) is 1.06. The molecule has 16 heavy (non-hydrogen) atoms. The number of carbonyl (C=O) groups excluding carboxylic acids is 1. The third-order valence-corrected chi connectivity index (χ3v) is 2.12. The largest absolute Gasteiger partial charge is 0.459 e. The number of esters is 1. The van der Waals surface area contributed by atoms with Gasteiger partial charge in [0.25, 0.3) is 0 Å². The van der Waals surface area contributed by atoms with Gasteiger partial charge in [-0.15, -0.1) is 0 Å². The van der Waals surface area contributed by atoms with Crippen molar-refractivity contribution in [2.24, 2.45) is 5.92 Å². The van der Waals surface area contributed by atoms with Crippen LogP contribution in [-0.2, 0) is 9.53 Å². The third kappa shape index (κ3) is 7.69. The Morgan fingerprint density at radius 3 is 2.06 bits per heavy atom. The van der Waals surface area contributed by atoms with Gasteiger partial charge >= 0.3 is 5.97 Å². The number of nitrogens with one attached hydrogen (secondary N) is 1. The first-order valence-corrected chi connectivity index (χ1v) is 6.10. The van der Waals surface area contributed by atoms with Gasteiger partial charge in [0.15, 0.2) is 0 Å². The fraction of sp³-hybridized carbons (Fsp3) is 0.923. The molecule has 0 spiro atoms.